The molecule has 1 aliphatic rings. The highest BCUT2D eigenvalue weighted by Crippen LogP contribution is 2.29. The Morgan fingerprint density at radius 2 is 2.22 bits per heavy atom. The maximum Gasteiger partial charge on any atom is 0.133 e. The smallest absolute Gasteiger partial charge is 0.133 e. The number of thioether (sulfide) groups is 1. The quantitative estimate of drug-likeness (QED) is 0.793. The van der Waals surface area contributed by atoms with Crippen LogP contribution in [0.15, 0.2) is 10.7 Å². The molecule has 100 valence electrons. The zero-order valence-electron chi connectivity index (χ0n) is 11.2. The molecular weight excluding hydrogens is 310 g/mol. The first-order chi connectivity index (χ1) is 8.61. The Kier molecular flexibility index (Phi) is 4.90. The third-order valence-electron chi connectivity index (χ3n) is 3.38. The molecule has 0 bridgehead atoms. The van der Waals surface area contributed by atoms with Crippen molar-refractivity contribution < 1.29 is 0 Å². The van der Waals surface area contributed by atoms with Gasteiger partial charge in [0.2, 0.25) is 0 Å². The first kappa shape index (κ1) is 14.1. The third-order valence-corrected chi connectivity index (χ3v) is 5.12. The molecular formula is C13H20BrN3S. The van der Waals surface area contributed by atoms with E-state index in [1.165, 1.54) is 5.75 Å². The van der Waals surface area contributed by atoms with Crippen molar-refractivity contribution in [2.45, 2.75) is 44.9 Å². The van der Waals surface area contributed by atoms with Gasteiger partial charge >= 0.3 is 0 Å². The summed E-state index contributed by atoms with van der Waals surface area (Å²) in [7, 11) is 0. The number of anilines is 1. The van der Waals surface area contributed by atoms with Crippen molar-refractivity contribution in [1.82, 2.24) is 9.97 Å². The summed E-state index contributed by atoms with van der Waals surface area (Å²) in [6.45, 7) is 7.81. The van der Waals surface area contributed by atoms with Gasteiger partial charge in [-0.15, -0.1) is 0 Å². The Morgan fingerprint density at radius 3 is 2.94 bits per heavy atom. The molecule has 1 aliphatic heterocycles. The van der Waals surface area contributed by atoms with Crippen molar-refractivity contribution in [3.8, 4) is 0 Å². The number of rotatable bonds is 3. The van der Waals surface area contributed by atoms with E-state index in [0.717, 1.165) is 35.6 Å². The van der Waals surface area contributed by atoms with Crippen LogP contribution in [0.2, 0.25) is 0 Å². The van der Waals surface area contributed by atoms with Gasteiger partial charge in [-0.3, -0.25) is 0 Å². The molecule has 0 N–H and O–H groups in total. The standard InChI is InChI=1S/C13H20BrN3S/c1-4-5-12-15-11(14)8-13(16-12)17-6-7-18-10(3)9(17)2/h8-10H,4-7H2,1-3H3. The van der Waals surface area contributed by atoms with Gasteiger partial charge in [0.1, 0.15) is 16.2 Å². The third kappa shape index (κ3) is 3.18. The molecule has 18 heavy (non-hydrogen) atoms. The summed E-state index contributed by atoms with van der Waals surface area (Å²) >= 11 is 5.55. The zero-order chi connectivity index (χ0) is 13.1. The van der Waals surface area contributed by atoms with Crippen molar-refractivity contribution in [2.75, 3.05) is 17.2 Å². The first-order valence-corrected chi connectivity index (χ1v) is 8.37. The molecule has 3 nitrogen and oxygen atoms in total. The molecule has 0 radical (unpaired) electrons. The second-order valence-electron chi connectivity index (χ2n) is 4.73. The fourth-order valence-electron chi connectivity index (χ4n) is 2.19. The minimum atomic E-state index is 0.528. The average Bonchev–Trinajstić information content (AvgIpc) is 2.32. The number of aromatic nitrogens is 2. The summed E-state index contributed by atoms with van der Waals surface area (Å²) in [5.74, 6) is 3.19. The Morgan fingerprint density at radius 1 is 1.44 bits per heavy atom. The van der Waals surface area contributed by atoms with Crippen LogP contribution in [0.5, 0.6) is 0 Å². The minimum Gasteiger partial charge on any atom is -0.352 e. The van der Waals surface area contributed by atoms with E-state index in [9.17, 15) is 0 Å². The molecule has 0 spiro atoms. The van der Waals surface area contributed by atoms with Crippen LogP contribution in [0.4, 0.5) is 5.82 Å². The predicted octanol–water partition coefficient (Wildman–Crippen LogP) is 3.52. The van der Waals surface area contributed by atoms with Crippen LogP contribution >= 0.6 is 27.7 Å². The van der Waals surface area contributed by atoms with E-state index in [1.807, 2.05) is 17.8 Å². The molecule has 0 amide bonds. The summed E-state index contributed by atoms with van der Waals surface area (Å²) in [5, 5.41) is 0.655. The second-order valence-corrected chi connectivity index (χ2v) is 7.02. The molecule has 1 aromatic heterocycles. The molecule has 1 fully saturated rings. The van der Waals surface area contributed by atoms with Crippen LogP contribution in [0.3, 0.4) is 0 Å². The van der Waals surface area contributed by atoms with Crippen LogP contribution in [0.25, 0.3) is 0 Å². The highest BCUT2D eigenvalue weighted by atomic mass is 79.9. The average molecular weight is 330 g/mol. The Labute approximate surface area is 122 Å². The van der Waals surface area contributed by atoms with Crippen molar-refractivity contribution in [3.63, 3.8) is 0 Å². The Hall–Kier alpha value is -0.290. The molecule has 2 heterocycles. The number of nitrogens with zero attached hydrogens (tertiary/aromatic N) is 3. The van der Waals surface area contributed by atoms with E-state index in [-0.39, 0.29) is 0 Å². The molecule has 1 saturated heterocycles. The van der Waals surface area contributed by atoms with Crippen molar-refractivity contribution >= 4 is 33.5 Å². The lowest BCUT2D eigenvalue weighted by molar-refractivity contribution is 0.616. The minimum absolute atomic E-state index is 0.528. The van der Waals surface area contributed by atoms with E-state index in [4.69, 9.17) is 4.98 Å². The fourth-order valence-corrected chi connectivity index (χ4v) is 3.70. The maximum absolute atomic E-state index is 4.71. The monoisotopic (exact) mass is 329 g/mol. The van der Waals surface area contributed by atoms with E-state index in [2.05, 4.69) is 46.6 Å². The van der Waals surface area contributed by atoms with E-state index in [0.29, 0.717) is 11.3 Å². The van der Waals surface area contributed by atoms with Gasteiger partial charge in [-0.05, 0) is 29.3 Å². The van der Waals surface area contributed by atoms with Crippen LogP contribution < -0.4 is 4.90 Å². The van der Waals surface area contributed by atoms with E-state index in [1.54, 1.807) is 0 Å². The van der Waals surface area contributed by atoms with Gasteiger partial charge in [0, 0.05) is 36.1 Å². The summed E-state index contributed by atoms with van der Waals surface area (Å²) in [6.07, 6.45) is 2.02. The number of hydrogen-bond donors (Lipinski definition) is 0. The Bertz CT molecular complexity index is 413. The van der Waals surface area contributed by atoms with Crippen LogP contribution in [0, 0.1) is 0 Å². The van der Waals surface area contributed by atoms with Crippen molar-refractivity contribution in [3.05, 3.63) is 16.5 Å². The van der Waals surface area contributed by atoms with Gasteiger partial charge in [-0.25, -0.2) is 9.97 Å². The molecule has 0 saturated carbocycles. The van der Waals surface area contributed by atoms with Gasteiger partial charge in [0.25, 0.3) is 0 Å². The molecule has 0 aromatic carbocycles. The van der Waals surface area contributed by atoms with Gasteiger partial charge in [0.05, 0.1) is 0 Å². The summed E-state index contributed by atoms with van der Waals surface area (Å²) < 4.78 is 0.897. The summed E-state index contributed by atoms with van der Waals surface area (Å²) in [4.78, 5) is 11.6. The first-order valence-electron chi connectivity index (χ1n) is 6.53. The van der Waals surface area contributed by atoms with Gasteiger partial charge < -0.3 is 4.90 Å². The zero-order valence-corrected chi connectivity index (χ0v) is 13.6. The van der Waals surface area contributed by atoms with Gasteiger partial charge in [-0.2, -0.15) is 11.8 Å². The molecule has 2 rings (SSSR count). The maximum atomic E-state index is 4.71. The molecule has 0 aliphatic carbocycles. The van der Waals surface area contributed by atoms with Crippen LogP contribution in [-0.4, -0.2) is 33.6 Å². The Balaban J connectivity index is 2.26. The van der Waals surface area contributed by atoms with Crippen LogP contribution in [-0.2, 0) is 6.42 Å². The topological polar surface area (TPSA) is 29.0 Å². The molecule has 2 atom stereocenters. The van der Waals surface area contributed by atoms with E-state index >= 15 is 0 Å². The van der Waals surface area contributed by atoms with Crippen LogP contribution in [0.1, 0.15) is 33.0 Å². The van der Waals surface area contributed by atoms with Gasteiger partial charge in [0.15, 0.2) is 0 Å². The number of halogens is 1. The number of hydrogen-bond acceptors (Lipinski definition) is 4. The molecule has 2 unspecified atom stereocenters. The largest absolute Gasteiger partial charge is 0.352 e. The molecule has 5 heteroatoms. The summed E-state index contributed by atoms with van der Waals surface area (Å²) in [6, 6.07) is 2.57. The van der Waals surface area contributed by atoms with Crippen molar-refractivity contribution in [2.24, 2.45) is 0 Å². The lowest BCUT2D eigenvalue weighted by Crippen LogP contribution is -2.45. The highest BCUT2D eigenvalue weighted by Gasteiger charge is 2.26. The fraction of sp³-hybridized carbons (Fsp3) is 0.692. The molecule has 1 aromatic rings. The SMILES string of the molecule is CCCc1nc(Br)cc(N2CCSC(C)C2C)n1. The van der Waals surface area contributed by atoms with E-state index < -0.39 is 0 Å². The predicted molar refractivity (Wildman–Crippen MR) is 82.5 cm³/mol. The number of aryl methyl sites for hydroxylation is 1. The second kappa shape index (κ2) is 6.24. The summed E-state index contributed by atoms with van der Waals surface area (Å²) in [5.41, 5.74) is 0. The van der Waals surface area contributed by atoms with Crippen molar-refractivity contribution in [1.29, 1.82) is 0 Å². The normalized spacial score (nSPS) is 24.3. The lowest BCUT2D eigenvalue weighted by atomic mass is 10.2. The highest BCUT2D eigenvalue weighted by molar-refractivity contribution is 9.10. The van der Waals surface area contributed by atoms with Gasteiger partial charge in [-0.1, -0.05) is 13.8 Å². The lowest BCUT2D eigenvalue weighted by Gasteiger charge is -2.38.